The molecule has 0 aromatic carbocycles. The zero-order chi connectivity index (χ0) is 14.4. The molecule has 2 heterocycles. The number of ether oxygens (including phenoxy) is 1. The summed E-state index contributed by atoms with van der Waals surface area (Å²) in [5.41, 5.74) is 7.62. The van der Waals surface area contributed by atoms with Gasteiger partial charge in [-0.05, 0) is 24.1 Å². The molecule has 0 unspecified atom stereocenters. The summed E-state index contributed by atoms with van der Waals surface area (Å²) in [6.45, 7) is 0.646. The summed E-state index contributed by atoms with van der Waals surface area (Å²) in [5, 5.41) is 3.11. The van der Waals surface area contributed by atoms with Gasteiger partial charge in [0.15, 0.2) is 0 Å². The van der Waals surface area contributed by atoms with Crippen LogP contribution in [0.3, 0.4) is 0 Å². The van der Waals surface area contributed by atoms with Crippen molar-refractivity contribution < 1.29 is 9.53 Å². The molecule has 0 radical (unpaired) electrons. The van der Waals surface area contributed by atoms with E-state index in [2.05, 4.69) is 20.0 Å². The lowest BCUT2D eigenvalue weighted by molar-refractivity contribution is 0.0602. The molecule has 0 atom stereocenters. The van der Waals surface area contributed by atoms with E-state index in [0.29, 0.717) is 23.6 Å². The van der Waals surface area contributed by atoms with Crippen LogP contribution in [-0.4, -0.2) is 29.6 Å². The summed E-state index contributed by atoms with van der Waals surface area (Å²) < 4.78 is 4.66. The molecule has 2 aromatic rings. The summed E-state index contributed by atoms with van der Waals surface area (Å²) >= 11 is 0. The molecule has 0 bridgehead atoms. The topological polar surface area (TPSA) is 90.1 Å². The van der Waals surface area contributed by atoms with Gasteiger partial charge in [0.25, 0.3) is 0 Å². The van der Waals surface area contributed by atoms with E-state index in [-0.39, 0.29) is 0 Å². The summed E-state index contributed by atoms with van der Waals surface area (Å²) in [4.78, 5) is 19.7. The van der Waals surface area contributed by atoms with Gasteiger partial charge in [-0.2, -0.15) is 0 Å². The monoisotopic (exact) mass is 272 g/mol. The highest BCUT2D eigenvalue weighted by Gasteiger charge is 2.13. The van der Waals surface area contributed by atoms with Crippen LogP contribution in [0.2, 0.25) is 0 Å². The number of hydrogen-bond donors (Lipinski definition) is 2. The van der Waals surface area contributed by atoms with Crippen LogP contribution in [-0.2, 0) is 11.2 Å². The van der Waals surface area contributed by atoms with Gasteiger partial charge in [-0.3, -0.25) is 4.98 Å². The molecule has 0 amide bonds. The molecule has 3 N–H and O–H groups in total. The lowest BCUT2D eigenvalue weighted by Crippen LogP contribution is -2.12. The fourth-order valence-electron chi connectivity index (χ4n) is 1.77. The van der Waals surface area contributed by atoms with Gasteiger partial charge >= 0.3 is 5.97 Å². The molecule has 0 saturated heterocycles. The minimum Gasteiger partial charge on any atom is -0.465 e. The number of nitrogen functional groups attached to an aromatic ring is 1. The highest BCUT2D eigenvalue weighted by Crippen LogP contribution is 2.20. The van der Waals surface area contributed by atoms with Crippen LogP contribution in [0, 0.1) is 0 Å². The number of nitrogens with zero attached hydrogens (tertiary/aromatic N) is 2. The van der Waals surface area contributed by atoms with Crippen molar-refractivity contribution in [1.82, 2.24) is 9.97 Å². The van der Waals surface area contributed by atoms with E-state index >= 15 is 0 Å². The molecule has 2 aromatic heterocycles. The number of nitrogens with one attached hydrogen (secondary N) is 1. The van der Waals surface area contributed by atoms with Crippen molar-refractivity contribution >= 4 is 17.5 Å². The minimum absolute atomic E-state index is 0.297. The van der Waals surface area contributed by atoms with Crippen LogP contribution in [0.5, 0.6) is 0 Å². The van der Waals surface area contributed by atoms with Gasteiger partial charge in [0, 0.05) is 25.1 Å². The Balaban J connectivity index is 2.01. The van der Waals surface area contributed by atoms with Crippen LogP contribution in [0.4, 0.5) is 11.5 Å². The number of hydrogen-bond acceptors (Lipinski definition) is 6. The number of nitrogens with two attached hydrogens (primary N) is 1. The Morgan fingerprint density at radius 1 is 1.40 bits per heavy atom. The van der Waals surface area contributed by atoms with E-state index < -0.39 is 5.97 Å². The van der Waals surface area contributed by atoms with Crippen LogP contribution in [0.1, 0.15) is 15.9 Å². The molecule has 0 saturated carbocycles. The molecule has 0 aliphatic heterocycles. The smallest absolute Gasteiger partial charge is 0.340 e. The Morgan fingerprint density at radius 3 is 2.95 bits per heavy atom. The first-order valence-electron chi connectivity index (χ1n) is 6.18. The second-order valence-electron chi connectivity index (χ2n) is 4.15. The lowest BCUT2D eigenvalue weighted by atomic mass is 10.2. The Labute approximate surface area is 117 Å². The number of rotatable bonds is 5. The molecule has 0 fully saturated rings. The number of esters is 1. The average molecular weight is 272 g/mol. The standard InChI is InChI=1S/C14H16N4O2/c1-20-14(19)11-5-8-18-13(12(11)15)17-7-4-10-3-2-6-16-9-10/h2-3,5-6,8-9H,4,7,15H2,1H3,(H,17,18). The summed E-state index contributed by atoms with van der Waals surface area (Å²) in [6, 6.07) is 5.42. The Kier molecular flexibility index (Phi) is 4.49. The van der Waals surface area contributed by atoms with Gasteiger partial charge in [-0.25, -0.2) is 9.78 Å². The quantitative estimate of drug-likeness (QED) is 0.802. The summed E-state index contributed by atoms with van der Waals surface area (Å²) in [6.07, 6.45) is 5.85. The zero-order valence-corrected chi connectivity index (χ0v) is 11.2. The number of carbonyl (C=O) groups is 1. The Bertz CT molecular complexity index is 587. The maximum Gasteiger partial charge on any atom is 0.340 e. The SMILES string of the molecule is COC(=O)c1ccnc(NCCc2cccnc2)c1N. The number of carbonyl (C=O) groups excluding carboxylic acids is 1. The molecule has 0 aliphatic rings. The van der Waals surface area contributed by atoms with E-state index in [4.69, 9.17) is 5.73 Å². The third-order valence-electron chi connectivity index (χ3n) is 2.82. The van der Waals surface area contributed by atoms with E-state index in [0.717, 1.165) is 12.0 Å². The minimum atomic E-state index is -0.472. The first kappa shape index (κ1) is 13.8. The predicted molar refractivity (Wildman–Crippen MR) is 76.4 cm³/mol. The van der Waals surface area contributed by atoms with Gasteiger partial charge in [0.1, 0.15) is 5.82 Å². The molecule has 2 rings (SSSR count). The Morgan fingerprint density at radius 2 is 2.25 bits per heavy atom. The summed E-state index contributed by atoms with van der Waals surface area (Å²) in [5.74, 6) is 0.0111. The van der Waals surface area contributed by atoms with Crippen LogP contribution < -0.4 is 11.1 Å². The first-order valence-corrected chi connectivity index (χ1v) is 6.18. The van der Waals surface area contributed by atoms with Crippen molar-refractivity contribution in [2.45, 2.75) is 6.42 Å². The maximum atomic E-state index is 11.5. The maximum absolute atomic E-state index is 11.5. The van der Waals surface area contributed by atoms with Crippen molar-refractivity contribution in [2.75, 3.05) is 24.7 Å². The fourth-order valence-corrected chi connectivity index (χ4v) is 1.77. The highest BCUT2D eigenvalue weighted by atomic mass is 16.5. The normalized spacial score (nSPS) is 10.1. The van der Waals surface area contributed by atoms with E-state index in [1.54, 1.807) is 6.20 Å². The highest BCUT2D eigenvalue weighted by molar-refractivity contribution is 5.97. The molecular weight excluding hydrogens is 256 g/mol. The van der Waals surface area contributed by atoms with Crippen LogP contribution in [0.25, 0.3) is 0 Å². The second kappa shape index (κ2) is 6.51. The number of aromatic nitrogens is 2. The molecular formula is C14H16N4O2. The van der Waals surface area contributed by atoms with E-state index in [1.807, 2.05) is 18.3 Å². The third-order valence-corrected chi connectivity index (χ3v) is 2.82. The first-order chi connectivity index (χ1) is 9.72. The largest absolute Gasteiger partial charge is 0.465 e. The average Bonchev–Trinajstić information content (AvgIpc) is 2.49. The van der Waals surface area contributed by atoms with Gasteiger partial charge in [-0.15, -0.1) is 0 Å². The van der Waals surface area contributed by atoms with Crippen LogP contribution >= 0.6 is 0 Å². The molecule has 0 aliphatic carbocycles. The van der Waals surface area contributed by atoms with Gasteiger partial charge in [0.2, 0.25) is 0 Å². The predicted octanol–water partition coefficient (Wildman–Crippen LogP) is 1.50. The lowest BCUT2D eigenvalue weighted by Gasteiger charge is -2.10. The van der Waals surface area contributed by atoms with Crippen LogP contribution in [0.15, 0.2) is 36.8 Å². The fraction of sp³-hybridized carbons (Fsp3) is 0.214. The van der Waals surface area contributed by atoms with Crippen molar-refractivity contribution in [3.63, 3.8) is 0 Å². The zero-order valence-electron chi connectivity index (χ0n) is 11.2. The molecule has 0 spiro atoms. The molecule has 104 valence electrons. The van der Waals surface area contributed by atoms with Gasteiger partial charge in [0.05, 0.1) is 18.4 Å². The summed E-state index contributed by atoms with van der Waals surface area (Å²) in [7, 11) is 1.32. The van der Waals surface area contributed by atoms with Gasteiger partial charge in [-0.1, -0.05) is 6.07 Å². The van der Waals surface area contributed by atoms with Crippen molar-refractivity contribution in [3.05, 3.63) is 47.9 Å². The van der Waals surface area contributed by atoms with Crippen molar-refractivity contribution in [2.24, 2.45) is 0 Å². The number of pyridine rings is 2. The third kappa shape index (κ3) is 3.23. The van der Waals surface area contributed by atoms with E-state index in [1.165, 1.54) is 19.4 Å². The number of anilines is 2. The Hall–Kier alpha value is -2.63. The molecule has 20 heavy (non-hydrogen) atoms. The number of methoxy groups -OCH3 is 1. The van der Waals surface area contributed by atoms with Crippen molar-refractivity contribution in [3.8, 4) is 0 Å². The van der Waals surface area contributed by atoms with Gasteiger partial charge < -0.3 is 15.8 Å². The van der Waals surface area contributed by atoms with Crippen molar-refractivity contribution in [1.29, 1.82) is 0 Å². The van der Waals surface area contributed by atoms with E-state index in [9.17, 15) is 4.79 Å². The second-order valence-corrected chi connectivity index (χ2v) is 4.15. The molecule has 6 heteroatoms. The molecule has 6 nitrogen and oxygen atoms in total.